The number of anilines is 1. The molecular formula is C26H18ClF3N2O4S. The van der Waals surface area contributed by atoms with E-state index in [2.05, 4.69) is 5.32 Å². The fraction of sp³-hybridized carbons (Fsp3) is 0.115. The van der Waals surface area contributed by atoms with Gasteiger partial charge in [0.15, 0.2) is 0 Å². The van der Waals surface area contributed by atoms with E-state index < -0.39 is 35.3 Å². The predicted molar refractivity (Wildman–Crippen MR) is 135 cm³/mol. The smallest absolute Gasteiger partial charge is 0.416 e. The Morgan fingerprint density at radius 3 is 2.41 bits per heavy atom. The quantitative estimate of drug-likeness (QED) is 0.337. The second-order valence-electron chi connectivity index (χ2n) is 7.88. The molecule has 0 radical (unpaired) electrons. The maximum atomic E-state index is 12.9. The van der Waals surface area contributed by atoms with Gasteiger partial charge in [-0.1, -0.05) is 41.9 Å². The van der Waals surface area contributed by atoms with Crippen LogP contribution in [0.25, 0.3) is 6.08 Å². The van der Waals surface area contributed by atoms with Crippen LogP contribution in [0.3, 0.4) is 0 Å². The van der Waals surface area contributed by atoms with E-state index >= 15 is 0 Å². The van der Waals surface area contributed by atoms with Gasteiger partial charge in [-0.15, -0.1) is 0 Å². The van der Waals surface area contributed by atoms with Gasteiger partial charge in [0.05, 0.1) is 10.5 Å². The normalized spacial score (nSPS) is 14.8. The molecule has 0 aromatic heterocycles. The van der Waals surface area contributed by atoms with Crippen molar-refractivity contribution in [3.05, 3.63) is 99.4 Å². The summed E-state index contributed by atoms with van der Waals surface area (Å²) in [5.41, 5.74) is 0.554. The number of hydrogen-bond donors (Lipinski definition) is 1. The summed E-state index contributed by atoms with van der Waals surface area (Å²) in [4.78, 5) is 38.2. The lowest BCUT2D eigenvalue weighted by atomic mass is 10.2. The predicted octanol–water partition coefficient (Wildman–Crippen LogP) is 6.61. The summed E-state index contributed by atoms with van der Waals surface area (Å²) in [5.74, 6) is -0.867. The van der Waals surface area contributed by atoms with Crippen LogP contribution in [0.5, 0.6) is 5.75 Å². The zero-order valence-electron chi connectivity index (χ0n) is 18.9. The van der Waals surface area contributed by atoms with E-state index in [1.165, 1.54) is 12.1 Å². The molecule has 6 nitrogen and oxygen atoms in total. The molecule has 0 saturated carbocycles. The zero-order chi connectivity index (χ0) is 26.6. The summed E-state index contributed by atoms with van der Waals surface area (Å²) in [7, 11) is 0. The van der Waals surface area contributed by atoms with Crippen molar-refractivity contribution in [2.45, 2.75) is 12.8 Å². The molecule has 0 unspecified atom stereocenters. The van der Waals surface area contributed by atoms with Crippen LogP contribution in [0.2, 0.25) is 5.02 Å². The minimum atomic E-state index is -4.57. The monoisotopic (exact) mass is 546 g/mol. The van der Waals surface area contributed by atoms with Gasteiger partial charge in [0, 0.05) is 10.7 Å². The third-order valence-corrected chi connectivity index (χ3v) is 6.30. The standard InChI is InChI=1S/C26H18ClF3N2O4S/c27-19-8-4-17(5-9-19)15-36-21-10-6-16(7-11-21)12-22-24(34)32(25(35)37-22)14-23(33)31-20-3-1-2-18(13-20)26(28,29)30/h1-13H,14-15H2,(H,31,33)/b22-12-. The lowest BCUT2D eigenvalue weighted by Gasteiger charge is -2.13. The lowest BCUT2D eigenvalue weighted by molar-refractivity contribution is -0.137. The Balaban J connectivity index is 1.35. The Kier molecular flexibility index (Phi) is 7.89. The van der Waals surface area contributed by atoms with Crippen molar-refractivity contribution in [2.75, 3.05) is 11.9 Å². The van der Waals surface area contributed by atoms with Crippen LogP contribution in [0.1, 0.15) is 16.7 Å². The van der Waals surface area contributed by atoms with Crippen LogP contribution in [0.15, 0.2) is 77.7 Å². The van der Waals surface area contributed by atoms with Gasteiger partial charge in [-0.05, 0) is 71.4 Å². The SMILES string of the molecule is O=C(CN1C(=O)S/C(=C\c2ccc(OCc3ccc(Cl)cc3)cc2)C1=O)Nc1cccc(C(F)(F)F)c1. The van der Waals surface area contributed by atoms with Crippen LogP contribution in [-0.2, 0) is 22.4 Å². The first-order valence-electron chi connectivity index (χ1n) is 10.8. The second kappa shape index (κ2) is 11.1. The van der Waals surface area contributed by atoms with Gasteiger partial charge in [-0.25, -0.2) is 0 Å². The molecule has 1 fully saturated rings. The number of thioether (sulfide) groups is 1. The largest absolute Gasteiger partial charge is 0.489 e. The van der Waals surface area contributed by atoms with Gasteiger partial charge in [0.1, 0.15) is 18.9 Å². The van der Waals surface area contributed by atoms with E-state index in [1.54, 1.807) is 36.4 Å². The number of rotatable bonds is 7. The third-order valence-electron chi connectivity index (χ3n) is 5.15. The first-order chi connectivity index (χ1) is 17.6. The number of carbonyl (C=O) groups excluding carboxylic acids is 3. The van der Waals surface area contributed by atoms with Crippen molar-refractivity contribution in [1.82, 2.24) is 4.90 Å². The van der Waals surface area contributed by atoms with Gasteiger partial charge >= 0.3 is 6.18 Å². The molecule has 1 aliphatic rings. The van der Waals surface area contributed by atoms with Gasteiger partial charge in [-0.3, -0.25) is 19.3 Å². The molecule has 1 saturated heterocycles. The summed E-state index contributed by atoms with van der Waals surface area (Å²) >= 11 is 6.54. The van der Waals surface area contributed by atoms with Gasteiger partial charge in [0.2, 0.25) is 5.91 Å². The number of alkyl halides is 3. The highest BCUT2D eigenvalue weighted by molar-refractivity contribution is 8.18. The summed E-state index contributed by atoms with van der Waals surface area (Å²) in [6.45, 7) is -0.284. The molecule has 3 aromatic rings. The Morgan fingerprint density at radius 2 is 1.73 bits per heavy atom. The molecule has 3 aromatic carbocycles. The van der Waals surface area contributed by atoms with Gasteiger partial charge < -0.3 is 10.1 Å². The Hall–Kier alpha value is -3.76. The number of benzene rings is 3. The fourth-order valence-corrected chi connectivity index (χ4v) is 4.28. The van der Waals surface area contributed by atoms with Gasteiger partial charge in [0.25, 0.3) is 11.1 Å². The Bertz CT molecular complexity index is 1360. The highest BCUT2D eigenvalue weighted by Gasteiger charge is 2.36. The van der Waals surface area contributed by atoms with Crippen molar-refractivity contribution in [1.29, 1.82) is 0 Å². The molecule has 1 aliphatic heterocycles. The topological polar surface area (TPSA) is 75.7 Å². The summed E-state index contributed by atoms with van der Waals surface area (Å²) in [5, 5.41) is 2.26. The summed E-state index contributed by atoms with van der Waals surface area (Å²) < 4.78 is 44.3. The van der Waals surface area contributed by atoms with Crippen molar-refractivity contribution >= 4 is 52.2 Å². The highest BCUT2D eigenvalue weighted by atomic mass is 35.5. The number of halogens is 4. The number of imide groups is 1. The first-order valence-corrected chi connectivity index (χ1v) is 12.0. The number of carbonyl (C=O) groups is 3. The molecule has 37 heavy (non-hydrogen) atoms. The maximum absolute atomic E-state index is 12.9. The first kappa shape index (κ1) is 26.3. The van der Waals surface area contributed by atoms with Crippen molar-refractivity contribution in [3.8, 4) is 5.75 Å². The van der Waals surface area contributed by atoms with E-state index in [-0.39, 0.29) is 10.6 Å². The number of nitrogens with zero attached hydrogens (tertiary/aromatic N) is 1. The van der Waals surface area contributed by atoms with Crippen LogP contribution < -0.4 is 10.1 Å². The summed E-state index contributed by atoms with van der Waals surface area (Å²) in [6, 6.07) is 18.2. The number of ether oxygens (including phenoxy) is 1. The van der Waals surface area contributed by atoms with Crippen LogP contribution in [0.4, 0.5) is 23.7 Å². The minimum Gasteiger partial charge on any atom is -0.489 e. The van der Waals surface area contributed by atoms with Crippen LogP contribution in [0, 0.1) is 0 Å². The molecule has 1 heterocycles. The summed E-state index contributed by atoms with van der Waals surface area (Å²) in [6.07, 6.45) is -3.06. The van der Waals surface area contributed by atoms with E-state index in [0.29, 0.717) is 34.7 Å². The molecule has 0 bridgehead atoms. The van der Waals surface area contributed by atoms with Crippen molar-refractivity contribution in [3.63, 3.8) is 0 Å². The Morgan fingerprint density at radius 1 is 1.03 bits per heavy atom. The third kappa shape index (κ3) is 6.93. The molecule has 4 rings (SSSR count). The Labute approximate surface area is 219 Å². The average molecular weight is 547 g/mol. The van der Waals surface area contributed by atoms with Crippen LogP contribution in [-0.4, -0.2) is 28.5 Å². The number of nitrogens with one attached hydrogen (secondary N) is 1. The zero-order valence-corrected chi connectivity index (χ0v) is 20.5. The van der Waals surface area contributed by atoms with E-state index in [9.17, 15) is 27.6 Å². The highest BCUT2D eigenvalue weighted by Crippen LogP contribution is 2.33. The molecule has 0 atom stereocenters. The average Bonchev–Trinajstić information content (AvgIpc) is 3.11. The number of amides is 3. The number of hydrogen-bond acceptors (Lipinski definition) is 5. The molecule has 0 aliphatic carbocycles. The second-order valence-corrected chi connectivity index (χ2v) is 9.31. The van der Waals surface area contributed by atoms with Crippen molar-refractivity contribution in [2.24, 2.45) is 0 Å². The lowest BCUT2D eigenvalue weighted by Crippen LogP contribution is -2.36. The maximum Gasteiger partial charge on any atom is 0.416 e. The fourth-order valence-electron chi connectivity index (χ4n) is 3.31. The van der Waals surface area contributed by atoms with E-state index in [0.717, 1.165) is 28.7 Å². The molecular weight excluding hydrogens is 529 g/mol. The minimum absolute atomic E-state index is 0.0966. The molecule has 11 heteroatoms. The molecule has 1 N–H and O–H groups in total. The van der Waals surface area contributed by atoms with E-state index in [1.807, 2.05) is 12.1 Å². The van der Waals surface area contributed by atoms with Gasteiger partial charge in [-0.2, -0.15) is 13.2 Å². The van der Waals surface area contributed by atoms with Crippen molar-refractivity contribution < 1.29 is 32.3 Å². The molecule has 0 spiro atoms. The molecule has 3 amide bonds. The van der Waals surface area contributed by atoms with E-state index in [4.69, 9.17) is 16.3 Å². The molecule has 190 valence electrons. The van der Waals surface area contributed by atoms with Crippen LogP contribution >= 0.6 is 23.4 Å².